The number of carbonyl (C=O) groups is 2. The van der Waals surface area contributed by atoms with E-state index in [1.165, 1.54) is 11.8 Å². The summed E-state index contributed by atoms with van der Waals surface area (Å²) in [5.74, 6) is -0.783. The molecule has 0 aliphatic rings. The van der Waals surface area contributed by atoms with Crippen molar-refractivity contribution in [3.05, 3.63) is 80.9 Å². The predicted molar refractivity (Wildman–Crippen MR) is 109 cm³/mol. The van der Waals surface area contributed by atoms with Crippen LogP contribution in [0.15, 0.2) is 52.5 Å². The summed E-state index contributed by atoms with van der Waals surface area (Å²) in [5, 5.41) is 14.1. The monoisotopic (exact) mass is 397 g/mol. The van der Waals surface area contributed by atoms with Crippen LogP contribution in [0.2, 0.25) is 0 Å². The molecule has 3 rings (SSSR count). The first-order valence-electron chi connectivity index (χ1n) is 9.09. The second kappa shape index (κ2) is 8.44. The smallest absolute Gasteiger partial charge is 0.311 e. The first kappa shape index (κ1) is 19.9. The Balaban J connectivity index is 1.92. The van der Waals surface area contributed by atoms with Crippen LogP contribution in [0.3, 0.4) is 0 Å². The van der Waals surface area contributed by atoms with E-state index in [4.69, 9.17) is 9.52 Å². The van der Waals surface area contributed by atoms with Gasteiger partial charge in [-0.05, 0) is 35.4 Å². The molecule has 0 spiro atoms. The second-order valence-corrected chi connectivity index (χ2v) is 8.01. The van der Waals surface area contributed by atoms with E-state index in [2.05, 4.69) is 31.3 Å². The molecule has 0 radical (unpaired) electrons. The first-order valence-corrected chi connectivity index (χ1v) is 9.97. The van der Waals surface area contributed by atoms with Crippen molar-refractivity contribution in [2.24, 2.45) is 0 Å². The van der Waals surface area contributed by atoms with E-state index < -0.39 is 5.97 Å². The number of aryl methyl sites for hydroxylation is 1. The molecule has 146 valence electrons. The lowest BCUT2D eigenvalue weighted by Gasteiger charge is -2.19. The molecule has 2 heterocycles. The summed E-state index contributed by atoms with van der Waals surface area (Å²) < 4.78 is 5.31. The fraction of sp³-hybridized carbons (Fsp3) is 0.273. The van der Waals surface area contributed by atoms with Gasteiger partial charge in [0.15, 0.2) is 0 Å². The molecule has 28 heavy (non-hydrogen) atoms. The van der Waals surface area contributed by atoms with E-state index in [0.29, 0.717) is 17.0 Å². The Bertz CT molecular complexity index is 955. The zero-order chi connectivity index (χ0) is 20.3. The van der Waals surface area contributed by atoms with Crippen LogP contribution in [0.5, 0.6) is 0 Å². The number of rotatable bonds is 7. The van der Waals surface area contributed by atoms with Crippen LogP contribution < -0.4 is 5.32 Å². The summed E-state index contributed by atoms with van der Waals surface area (Å²) in [5.41, 5.74) is 3.12. The van der Waals surface area contributed by atoms with Gasteiger partial charge in [-0.25, -0.2) is 0 Å². The minimum atomic E-state index is -1.04. The van der Waals surface area contributed by atoms with Gasteiger partial charge in [-0.2, -0.15) is 0 Å². The second-order valence-electron chi connectivity index (χ2n) is 7.03. The van der Waals surface area contributed by atoms with E-state index in [-0.39, 0.29) is 24.1 Å². The van der Waals surface area contributed by atoms with Crippen molar-refractivity contribution >= 4 is 23.2 Å². The van der Waals surface area contributed by atoms with Gasteiger partial charge in [-0.3, -0.25) is 9.59 Å². The molecule has 0 aliphatic heterocycles. The van der Waals surface area contributed by atoms with Gasteiger partial charge in [0.2, 0.25) is 0 Å². The number of aliphatic carboxylic acids is 1. The summed E-state index contributed by atoms with van der Waals surface area (Å²) in [6.07, 6.45) is 1.09. The number of furan rings is 1. The van der Waals surface area contributed by atoms with Crippen LogP contribution in [0.4, 0.5) is 0 Å². The van der Waals surface area contributed by atoms with E-state index in [1.807, 2.05) is 29.6 Å². The molecular formula is C22H23NO4S. The van der Waals surface area contributed by atoms with Gasteiger partial charge in [0.05, 0.1) is 17.9 Å². The van der Waals surface area contributed by atoms with Crippen LogP contribution in [0.25, 0.3) is 0 Å². The van der Waals surface area contributed by atoms with E-state index in [1.54, 1.807) is 18.3 Å². The van der Waals surface area contributed by atoms with Gasteiger partial charge in [-0.15, -0.1) is 11.3 Å². The molecule has 5 nitrogen and oxygen atoms in total. The third-order valence-corrected chi connectivity index (χ3v) is 5.57. The molecule has 0 saturated heterocycles. The van der Waals surface area contributed by atoms with Crippen LogP contribution in [0.1, 0.15) is 63.5 Å². The zero-order valence-electron chi connectivity index (χ0n) is 16.1. The Labute approximate surface area is 168 Å². The summed E-state index contributed by atoms with van der Waals surface area (Å²) in [4.78, 5) is 25.1. The van der Waals surface area contributed by atoms with Crippen molar-refractivity contribution in [1.82, 2.24) is 5.32 Å². The normalized spacial score (nSPS) is 12.1. The number of hydrogen-bond acceptors (Lipinski definition) is 4. The molecule has 0 saturated carbocycles. The van der Waals surface area contributed by atoms with Crippen molar-refractivity contribution in [3.63, 3.8) is 0 Å². The fourth-order valence-electron chi connectivity index (χ4n) is 3.12. The minimum Gasteiger partial charge on any atom is -0.481 e. The highest BCUT2D eigenvalue weighted by atomic mass is 32.1. The molecule has 0 fully saturated rings. The lowest BCUT2D eigenvalue weighted by atomic mass is 9.98. The van der Waals surface area contributed by atoms with Gasteiger partial charge in [-0.1, -0.05) is 44.2 Å². The highest BCUT2D eigenvalue weighted by Crippen LogP contribution is 2.29. The fourth-order valence-corrected chi connectivity index (χ4v) is 3.92. The first-order chi connectivity index (χ1) is 13.4. The summed E-state index contributed by atoms with van der Waals surface area (Å²) in [7, 11) is 0. The minimum absolute atomic E-state index is 0.169. The van der Waals surface area contributed by atoms with Crippen molar-refractivity contribution in [1.29, 1.82) is 0 Å². The highest BCUT2D eigenvalue weighted by molar-refractivity contribution is 7.10. The Morgan fingerprint density at radius 2 is 1.82 bits per heavy atom. The zero-order valence-corrected chi connectivity index (χ0v) is 16.9. The lowest BCUT2D eigenvalue weighted by Crippen LogP contribution is -2.30. The number of hydrogen-bond donors (Lipinski definition) is 2. The maximum Gasteiger partial charge on any atom is 0.311 e. The topological polar surface area (TPSA) is 79.5 Å². The van der Waals surface area contributed by atoms with Crippen molar-refractivity contribution < 1.29 is 19.1 Å². The molecule has 0 aliphatic carbocycles. The Morgan fingerprint density at radius 1 is 1.14 bits per heavy atom. The third-order valence-electron chi connectivity index (χ3n) is 4.63. The van der Waals surface area contributed by atoms with E-state index in [0.717, 1.165) is 10.4 Å². The summed E-state index contributed by atoms with van der Waals surface area (Å²) in [6, 6.07) is 11.8. The number of nitrogens with one attached hydrogen (secondary N) is 1. The van der Waals surface area contributed by atoms with E-state index >= 15 is 0 Å². The van der Waals surface area contributed by atoms with Crippen molar-refractivity contribution in [2.45, 2.75) is 39.2 Å². The molecule has 3 aromatic rings. The molecule has 2 N–H and O–H groups in total. The maximum absolute atomic E-state index is 13.0. The van der Waals surface area contributed by atoms with Gasteiger partial charge in [0.1, 0.15) is 12.2 Å². The Kier molecular flexibility index (Phi) is 5.99. The number of thiophene rings is 1. The average molecular weight is 397 g/mol. The lowest BCUT2D eigenvalue weighted by molar-refractivity contribution is -0.136. The molecule has 6 heteroatoms. The maximum atomic E-state index is 13.0. The Hall–Kier alpha value is -2.86. The molecule has 2 aromatic heterocycles. The number of amides is 1. The number of carbonyl (C=O) groups excluding carboxylic acids is 1. The van der Waals surface area contributed by atoms with Crippen molar-refractivity contribution in [3.8, 4) is 0 Å². The Morgan fingerprint density at radius 3 is 2.39 bits per heavy atom. The van der Waals surface area contributed by atoms with Gasteiger partial charge >= 0.3 is 5.97 Å². The average Bonchev–Trinajstić information content (AvgIpc) is 3.29. The number of carboxylic acid groups (broad SMARTS) is 1. The van der Waals surface area contributed by atoms with Crippen LogP contribution in [-0.4, -0.2) is 17.0 Å². The van der Waals surface area contributed by atoms with Gasteiger partial charge in [0.25, 0.3) is 5.91 Å². The molecule has 1 unspecified atom stereocenters. The molecule has 1 amide bonds. The molecule has 1 aromatic carbocycles. The van der Waals surface area contributed by atoms with Gasteiger partial charge in [0, 0.05) is 10.4 Å². The SMILES string of the molecule is Cc1coc(CC(=O)O)c1C(=O)NC(c1ccc(C(C)C)cc1)c1cccs1. The summed E-state index contributed by atoms with van der Waals surface area (Å²) in [6.45, 7) is 6.01. The molecule has 1 atom stereocenters. The quantitative estimate of drug-likeness (QED) is 0.593. The van der Waals surface area contributed by atoms with E-state index in [9.17, 15) is 9.59 Å². The molecule has 0 bridgehead atoms. The molecular weight excluding hydrogens is 374 g/mol. The number of carboxylic acids is 1. The number of benzene rings is 1. The summed E-state index contributed by atoms with van der Waals surface area (Å²) >= 11 is 1.56. The standard InChI is InChI=1S/C22H23NO4S/c1-13(2)15-6-8-16(9-7-15)21(18-5-4-10-28-18)23-22(26)20-14(3)12-27-17(20)11-19(24)25/h4-10,12-13,21H,11H2,1-3H3,(H,23,26)(H,24,25). The van der Waals surface area contributed by atoms with Gasteiger partial charge < -0.3 is 14.8 Å². The van der Waals surface area contributed by atoms with Crippen LogP contribution in [-0.2, 0) is 11.2 Å². The van der Waals surface area contributed by atoms with Crippen LogP contribution in [0, 0.1) is 6.92 Å². The highest BCUT2D eigenvalue weighted by Gasteiger charge is 2.25. The largest absolute Gasteiger partial charge is 0.481 e. The third kappa shape index (κ3) is 4.34. The van der Waals surface area contributed by atoms with Crippen molar-refractivity contribution in [2.75, 3.05) is 0 Å². The van der Waals surface area contributed by atoms with Crippen LogP contribution >= 0.6 is 11.3 Å². The predicted octanol–water partition coefficient (Wildman–Crippen LogP) is 4.92.